The summed E-state index contributed by atoms with van der Waals surface area (Å²) in [5, 5.41) is 9.94. The van der Waals surface area contributed by atoms with Crippen molar-refractivity contribution < 1.29 is 23.8 Å². The minimum atomic E-state index is -0.939. The van der Waals surface area contributed by atoms with Crippen molar-refractivity contribution in [2.45, 2.75) is 56.9 Å². The van der Waals surface area contributed by atoms with Crippen molar-refractivity contribution in [3.8, 4) is 5.75 Å². The van der Waals surface area contributed by atoms with E-state index < -0.39 is 5.97 Å². The number of hydrogen-bond acceptors (Lipinski definition) is 6. The third-order valence-electron chi connectivity index (χ3n) is 9.36. The van der Waals surface area contributed by atoms with Crippen LogP contribution in [0, 0.1) is 5.82 Å². The van der Waals surface area contributed by atoms with Gasteiger partial charge in [-0.1, -0.05) is 29.8 Å². The van der Waals surface area contributed by atoms with E-state index in [1.54, 1.807) is 30.3 Å². The third kappa shape index (κ3) is 5.64. The zero-order valence-electron chi connectivity index (χ0n) is 24.7. The molecule has 2 fully saturated rings. The number of likely N-dealkylation sites (tertiary alicyclic amines) is 1. The van der Waals surface area contributed by atoms with Gasteiger partial charge in [0.15, 0.2) is 0 Å². The monoisotopic (exact) mass is 618 g/mol. The van der Waals surface area contributed by atoms with Gasteiger partial charge in [0.05, 0.1) is 41.5 Å². The van der Waals surface area contributed by atoms with Crippen LogP contribution in [0.15, 0.2) is 54.6 Å². The van der Waals surface area contributed by atoms with Crippen LogP contribution in [0.25, 0.3) is 11.0 Å². The van der Waals surface area contributed by atoms with E-state index in [0.717, 1.165) is 73.8 Å². The second-order valence-corrected chi connectivity index (χ2v) is 12.6. The molecule has 44 heavy (non-hydrogen) atoms. The molecule has 0 radical (unpaired) electrons. The van der Waals surface area contributed by atoms with Gasteiger partial charge in [-0.25, -0.2) is 14.2 Å². The van der Waals surface area contributed by atoms with Crippen LogP contribution in [0.3, 0.4) is 0 Å². The molecule has 3 aromatic carbocycles. The Hall–Kier alpha value is -3.66. The lowest BCUT2D eigenvalue weighted by molar-refractivity contribution is -0.0592. The van der Waals surface area contributed by atoms with Crippen molar-refractivity contribution in [1.82, 2.24) is 14.5 Å². The largest absolute Gasteiger partial charge is 0.483 e. The number of carbonyl (C=O) groups is 1. The Morgan fingerprint density at radius 1 is 1.05 bits per heavy atom. The van der Waals surface area contributed by atoms with E-state index in [2.05, 4.69) is 27.5 Å². The van der Waals surface area contributed by atoms with Crippen LogP contribution in [0.1, 0.15) is 65.0 Å². The Morgan fingerprint density at radius 2 is 1.86 bits per heavy atom. The van der Waals surface area contributed by atoms with Gasteiger partial charge in [0, 0.05) is 37.2 Å². The summed E-state index contributed by atoms with van der Waals surface area (Å²) in [6.07, 6.45) is 3.40. The summed E-state index contributed by atoms with van der Waals surface area (Å²) in [6, 6.07) is 16.2. The van der Waals surface area contributed by atoms with Crippen LogP contribution in [-0.4, -0.2) is 64.9 Å². The summed E-state index contributed by atoms with van der Waals surface area (Å²) < 4.78 is 29.2. The molecule has 1 N–H and O–H groups in total. The van der Waals surface area contributed by atoms with Gasteiger partial charge in [-0.2, -0.15) is 0 Å². The van der Waals surface area contributed by atoms with Gasteiger partial charge in [0.25, 0.3) is 0 Å². The Balaban J connectivity index is 1.08. The molecule has 1 unspecified atom stereocenters. The molecule has 4 aromatic rings. The van der Waals surface area contributed by atoms with Gasteiger partial charge in [-0.05, 0) is 80.2 Å². The summed E-state index contributed by atoms with van der Waals surface area (Å²) in [5.74, 6) is 0.825. The summed E-state index contributed by atoms with van der Waals surface area (Å²) in [4.78, 5) is 21.3. The number of halogens is 2. The molecular weight excluding hydrogens is 583 g/mol. The fourth-order valence-electron chi connectivity index (χ4n) is 6.85. The van der Waals surface area contributed by atoms with Crippen molar-refractivity contribution in [2.75, 3.05) is 38.2 Å². The van der Waals surface area contributed by atoms with Gasteiger partial charge in [-0.3, -0.25) is 4.90 Å². The SMILES string of the molecule is CN1CCC(c2ccc(Cl)cc2F)Oc2cccc(C3CCN(Cc4nc5ccc(C(=O)O)cc5n4C[C@@H]4CCO4)CC3)c21. The number of nitrogens with zero attached hydrogens (tertiary/aromatic N) is 4. The number of carboxylic acids is 1. The highest BCUT2D eigenvalue weighted by atomic mass is 35.5. The molecule has 3 aliphatic heterocycles. The number of fused-ring (bicyclic) bond motifs is 2. The van der Waals surface area contributed by atoms with Crippen molar-refractivity contribution >= 4 is 34.3 Å². The maximum Gasteiger partial charge on any atom is 0.335 e. The minimum Gasteiger partial charge on any atom is -0.483 e. The molecular formula is C34H36ClFN4O4. The highest BCUT2D eigenvalue weighted by molar-refractivity contribution is 6.30. The molecule has 0 bridgehead atoms. The normalized spacial score (nSPS) is 21.0. The lowest BCUT2D eigenvalue weighted by atomic mass is 9.87. The maximum atomic E-state index is 14.8. The number of imidazole rings is 1. The summed E-state index contributed by atoms with van der Waals surface area (Å²) in [5.41, 5.74) is 4.82. The average molecular weight is 619 g/mol. The first-order valence-corrected chi connectivity index (χ1v) is 15.7. The van der Waals surface area contributed by atoms with Crippen LogP contribution >= 0.6 is 11.6 Å². The number of para-hydroxylation sites is 1. The molecule has 0 spiro atoms. The van der Waals surface area contributed by atoms with E-state index in [1.165, 1.54) is 11.6 Å². The molecule has 8 nitrogen and oxygen atoms in total. The number of anilines is 1. The number of aromatic carboxylic acids is 1. The molecule has 0 aliphatic carbocycles. The Labute approximate surface area is 260 Å². The Kier molecular flexibility index (Phi) is 7.95. The molecule has 4 heterocycles. The molecule has 7 rings (SSSR count). The molecule has 2 atom stereocenters. The van der Waals surface area contributed by atoms with E-state index in [1.807, 2.05) is 12.1 Å². The number of benzene rings is 3. The molecule has 0 amide bonds. The van der Waals surface area contributed by atoms with Crippen molar-refractivity contribution in [1.29, 1.82) is 0 Å². The summed E-state index contributed by atoms with van der Waals surface area (Å²) in [6.45, 7) is 4.72. The standard InChI is InChI=1S/C34H36ClFN4O4/c1-38-13-11-30(26-7-6-23(35)18-27(26)36)44-31-4-2-3-25(33(31)38)21-9-14-39(15-10-21)20-32-37-28-8-5-22(34(41)42)17-29(28)40(32)19-24-12-16-43-24/h2-8,17-18,21,24,30H,9-16,19-20H2,1H3,(H,41,42)/t24-,30?/m0/s1. The van der Waals surface area contributed by atoms with Crippen molar-refractivity contribution in [3.05, 3.63) is 88.0 Å². The Bertz CT molecular complexity index is 1700. The summed E-state index contributed by atoms with van der Waals surface area (Å²) in [7, 11) is 2.09. The predicted octanol–water partition coefficient (Wildman–Crippen LogP) is 6.66. The summed E-state index contributed by atoms with van der Waals surface area (Å²) >= 11 is 6.00. The zero-order chi connectivity index (χ0) is 30.4. The van der Waals surface area contributed by atoms with Gasteiger partial charge < -0.3 is 24.0 Å². The van der Waals surface area contributed by atoms with Gasteiger partial charge in [0.1, 0.15) is 23.5 Å². The Morgan fingerprint density at radius 3 is 2.59 bits per heavy atom. The smallest absolute Gasteiger partial charge is 0.335 e. The highest BCUT2D eigenvalue weighted by Gasteiger charge is 2.31. The number of carboxylic acid groups (broad SMARTS) is 1. The fraction of sp³-hybridized carbons (Fsp3) is 0.412. The lowest BCUT2D eigenvalue weighted by Gasteiger charge is -2.34. The fourth-order valence-corrected chi connectivity index (χ4v) is 7.01. The minimum absolute atomic E-state index is 0.133. The van der Waals surface area contributed by atoms with Crippen molar-refractivity contribution in [3.63, 3.8) is 0 Å². The number of piperidine rings is 1. The first-order valence-electron chi connectivity index (χ1n) is 15.4. The second-order valence-electron chi connectivity index (χ2n) is 12.2. The average Bonchev–Trinajstić information content (AvgIpc) is 3.23. The van der Waals surface area contributed by atoms with Crippen LogP contribution in [0.5, 0.6) is 5.75 Å². The van der Waals surface area contributed by atoms with E-state index in [-0.39, 0.29) is 23.6 Å². The van der Waals surface area contributed by atoms with Gasteiger partial charge in [0.2, 0.25) is 0 Å². The molecule has 10 heteroatoms. The van der Waals surface area contributed by atoms with E-state index in [4.69, 9.17) is 26.1 Å². The van der Waals surface area contributed by atoms with Crippen LogP contribution in [-0.2, 0) is 17.8 Å². The first kappa shape index (κ1) is 29.1. The van der Waals surface area contributed by atoms with E-state index in [0.29, 0.717) is 36.0 Å². The predicted molar refractivity (Wildman–Crippen MR) is 167 cm³/mol. The third-order valence-corrected chi connectivity index (χ3v) is 9.60. The lowest BCUT2D eigenvalue weighted by Crippen LogP contribution is -2.35. The number of aromatic nitrogens is 2. The molecule has 1 aromatic heterocycles. The van der Waals surface area contributed by atoms with E-state index >= 15 is 0 Å². The number of rotatable bonds is 7. The highest BCUT2D eigenvalue weighted by Crippen LogP contribution is 2.44. The van der Waals surface area contributed by atoms with Gasteiger partial charge in [-0.15, -0.1) is 0 Å². The molecule has 0 saturated carbocycles. The number of ether oxygens (including phenoxy) is 2. The molecule has 230 valence electrons. The second kappa shape index (κ2) is 12.0. The first-order chi connectivity index (χ1) is 21.3. The maximum absolute atomic E-state index is 14.8. The molecule has 2 saturated heterocycles. The van der Waals surface area contributed by atoms with E-state index in [9.17, 15) is 14.3 Å². The van der Waals surface area contributed by atoms with Crippen LogP contribution < -0.4 is 9.64 Å². The number of hydrogen-bond donors (Lipinski definition) is 1. The van der Waals surface area contributed by atoms with Crippen LogP contribution in [0.4, 0.5) is 10.1 Å². The zero-order valence-corrected chi connectivity index (χ0v) is 25.5. The van der Waals surface area contributed by atoms with Crippen LogP contribution in [0.2, 0.25) is 5.02 Å². The molecule has 3 aliphatic rings. The van der Waals surface area contributed by atoms with Crippen molar-refractivity contribution in [2.24, 2.45) is 0 Å². The van der Waals surface area contributed by atoms with Gasteiger partial charge >= 0.3 is 5.97 Å². The quantitative estimate of drug-likeness (QED) is 0.248. The topological polar surface area (TPSA) is 80.1 Å².